The van der Waals surface area contributed by atoms with Gasteiger partial charge in [-0.3, -0.25) is 0 Å². The Bertz CT molecular complexity index is 1670. The van der Waals surface area contributed by atoms with Crippen molar-refractivity contribution in [2.24, 2.45) is 0 Å². The lowest BCUT2D eigenvalue weighted by atomic mass is 10.0. The highest BCUT2D eigenvalue weighted by Gasteiger charge is 2.13. The van der Waals surface area contributed by atoms with Gasteiger partial charge in [-0.2, -0.15) is 0 Å². The van der Waals surface area contributed by atoms with Gasteiger partial charge in [0, 0.05) is 46.3 Å². The van der Waals surface area contributed by atoms with Gasteiger partial charge in [0.1, 0.15) is 0 Å². The van der Waals surface area contributed by atoms with Crippen molar-refractivity contribution in [1.82, 2.24) is 20.6 Å². The fraction of sp³-hybridized carbons (Fsp3) is 0.300. The van der Waals surface area contributed by atoms with E-state index in [2.05, 4.69) is 132 Å². The summed E-state index contributed by atoms with van der Waals surface area (Å²) < 4.78 is 0. The van der Waals surface area contributed by atoms with Crippen LogP contribution in [0.5, 0.6) is 0 Å². The van der Waals surface area contributed by atoms with Gasteiger partial charge in [0.2, 0.25) is 0 Å². The second-order valence-electron chi connectivity index (χ2n) is 12.2. The fourth-order valence-electron chi connectivity index (χ4n) is 6.60. The first-order valence-electron chi connectivity index (χ1n) is 16.3. The monoisotopic (exact) mass is 582 g/mol. The molecule has 0 fully saturated rings. The molecular formula is C40H46N4. The van der Waals surface area contributed by atoms with Crippen LogP contribution in [0.1, 0.15) is 57.6 Å². The largest absolute Gasteiger partial charge is 0.358 e. The smallest absolute Gasteiger partial charge is 0.0458 e. The van der Waals surface area contributed by atoms with Crippen molar-refractivity contribution in [3.8, 4) is 0 Å². The van der Waals surface area contributed by atoms with E-state index in [1.807, 2.05) is 0 Å². The van der Waals surface area contributed by atoms with Gasteiger partial charge >= 0.3 is 0 Å². The molecule has 2 heterocycles. The molecule has 0 aliphatic carbocycles. The highest BCUT2D eigenvalue weighted by atomic mass is 14.9. The van der Waals surface area contributed by atoms with Gasteiger partial charge in [-0.15, -0.1) is 0 Å². The number of hydrogen-bond donors (Lipinski definition) is 4. The van der Waals surface area contributed by atoms with Gasteiger partial charge < -0.3 is 20.6 Å². The zero-order valence-electron chi connectivity index (χ0n) is 26.3. The molecule has 226 valence electrons. The number of benzene rings is 4. The summed E-state index contributed by atoms with van der Waals surface area (Å²) in [4.78, 5) is 7.54. The molecule has 0 saturated carbocycles. The Hall–Kier alpha value is -4.12. The standard InChI is InChI=1S/C40H46N4/c1-29-13-3-5-15-31(29)27-41-25-23-35-33-17-7-9-19-37(33)43-39(35)21-11-12-22-40-36(34-18-8-10-20-38(34)44-40)24-26-42-28-32-16-6-4-14-30(32)2/h3-10,13-20,41-44H,11-12,21-28H2,1-2H3. The minimum Gasteiger partial charge on any atom is -0.358 e. The van der Waals surface area contributed by atoms with Gasteiger partial charge in [-0.05, 0) is 111 Å². The molecule has 0 amide bonds. The van der Waals surface area contributed by atoms with Crippen molar-refractivity contribution in [3.63, 3.8) is 0 Å². The maximum absolute atomic E-state index is 3.77. The number of aromatic amines is 2. The number of aromatic nitrogens is 2. The second kappa shape index (κ2) is 14.6. The second-order valence-corrected chi connectivity index (χ2v) is 12.2. The van der Waals surface area contributed by atoms with E-state index in [0.717, 1.165) is 64.7 Å². The summed E-state index contributed by atoms with van der Waals surface area (Å²) in [6, 6.07) is 34.9. The van der Waals surface area contributed by atoms with Gasteiger partial charge in [-0.25, -0.2) is 0 Å². The zero-order valence-corrected chi connectivity index (χ0v) is 26.3. The summed E-state index contributed by atoms with van der Waals surface area (Å²) in [7, 11) is 0. The zero-order chi connectivity index (χ0) is 30.1. The molecule has 0 spiro atoms. The molecule has 0 aliphatic heterocycles. The number of rotatable bonds is 15. The van der Waals surface area contributed by atoms with Crippen LogP contribution >= 0.6 is 0 Å². The number of H-pyrrole nitrogens is 2. The lowest BCUT2D eigenvalue weighted by Crippen LogP contribution is -2.17. The van der Waals surface area contributed by atoms with Gasteiger partial charge in [0.15, 0.2) is 0 Å². The molecule has 4 N–H and O–H groups in total. The number of unbranched alkanes of at least 4 members (excludes halogenated alkanes) is 1. The van der Waals surface area contributed by atoms with E-state index in [-0.39, 0.29) is 0 Å². The molecule has 0 saturated heterocycles. The number of para-hydroxylation sites is 2. The summed E-state index contributed by atoms with van der Waals surface area (Å²) in [5, 5.41) is 10.1. The predicted octanol–water partition coefficient (Wildman–Crippen LogP) is 8.50. The van der Waals surface area contributed by atoms with E-state index >= 15 is 0 Å². The average Bonchev–Trinajstić information content (AvgIpc) is 3.58. The normalized spacial score (nSPS) is 11.6. The van der Waals surface area contributed by atoms with Crippen LogP contribution in [0.4, 0.5) is 0 Å². The Morgan fingerprint density at radius 3 is 1.34 bits per heavy atom. The van der Waals surface area contributed by atoms with Crippen LogP contribution in [0, 0.1) is 13.8 Å². The molecular weight excluding hydrogens is 536 g/mol. The topological polar surface area (TPSA) is 55.6 Å². The van der Waals surface area contributed by atoms with Crippen LogP contribution in [0.15, 0.2) is 97.1 Å². The van der Waals surface area contributed by atoms with E-state index < -0.39 is 0 Å². The molecule has 6 aromatic rings. The highest BCUT2D eigenvalue weighted by molar-refractivity contribution is 5.85. The van der Waals surface area contributed by atoms with Gasteiger partial charge in [0.25, 0.3) is 0 Å². The Morgan fingerprint density at radius 2 is 0.886 bits per heavy atom. The Labute approximate surface area is 262 Å². The van der Waals surface area contributed by atoms with Crippen LogP contribution in [0.3, 0.4) is 0 Å². The average molecular weight is 583 g/mol. The van der Waals surface area contributed by atoms with E-state index in [4.69, 9.17) is 0 Å². The van der Waals surface area contributed by atoms with Crippen molar-refractivity contribution < 1.29 is 0 Å². The molecule has 0 unspecified atom stereocenters. The number of aryl methyl sites for hydroxylation is 4. The predicted molar refractivity (Wildman–Crippen MR) is 186 cm³/mol. The summed E-state index contributed by atoms with van der Waals surface area (Å²) in [6.45, 7) is 8.16. The molecule has 0 radical (unpaired) electrons. The lowest BCUT2D eigenvalue weighted by Gasteiger charge is -2.10. The summed E-state index contributed by atoms with van der Waals surface area (Å²) in [5.74, 6) is 0. The molecule has 44 heavy (non-hydrogen) atoms. The first kappa shape index (κ1) is 29.9. The quantitative estimate of drug-likeness (QED) is 0.0918. The van der Waals surface area contributed by atoms with Crippen LogP contribution < -0.4 is 10.6 Å². The van der Waals surface area contributed by atoms with E-state index in [1.165, 1.54) is 66.6 Å². The van der Waals surface area contributed by atoms with Crippen LogP contribution in [-0.4, -0.2) is 23.1 Å². The van der Waals surface area contributed by atoms with E-state index in [1.54, 1.807) is 0 Å². The Kier molecular flexibility index (Phi) is 9.91. The third-order valence-corrected chi connectivity index (χ3v) is 9.16. The molecule has 6 rings (SSSR count). The lowest BCUT2D eigenvalue weighted by molar-refractivity contribution is 0.669. The van der Waals surface area contributed by atoms with Crippen LogP contribution in [-0.2, 0) is 38.8 Å². The molecule has 0 bridgehead atoms. The van der Waals surface area contributed by atoms with Crippen molar-refractivity contribution in [1.29, 1.82) is 0 Å². The van der Waals surface area contributed by atoms with Crippen molar-refractivity contribution >= 4 is 21.8 Å². The minimum absolute atomic E-state index is 0.915. The summed E-state index contributed by atoms with van der Waals surface area (Å²) in [6.07, 6.45) is 6.55. The van der Waals surface area contributed by atoms with Gasteiger partial charge in [0.05, 0.1) is 0 Å². The minimum atomic E-state index is 0.915. The molecule has 4 aromatic carbocycles. The Balaban J connectivity index is 1.06. The van der Waals surface area contributed by atoms with Crippen molar-refractivity contribution in [2.45, 2.75) is 65.5 Å². The van der Waals surface area contributed by atoms with Gasteiger partial charge in [-0.1, -0.05) is 84.9 Å². The molecule has 0 aliphatic rings. The van der Waals surface area contributed by atoms with Crippen molar-refractivity contribution in [2.75, 3.05) is 13.1 Å². The number of hydrogen-bond acceptors (Lipinski definition) is 2. The number of fused-ring (bicyclic) bond motifs is 2. The maximum Gasteiger partial charge on any atom is 0.0458 e. The molecule has 0 atom stereocenters. The molecule has 2 aromatic heterocycles. The fourth-order valence-corrected chi connectivity index (χ4v) is 6.60. The SMILES string of the molecule is Cc1ccccc1CNCCc1c(CCCCc2[nH]c3ccccc3c2CCNCc2ccccc2C)[nH]c2ccccc12. The first-order chi connectivity index (χ1) is 21.7. The van der Waals surface area contributed by atoms with Crippen LogP contribution in [0.2, 0.25) is 0 Å². The molecule has 4 heteroatoms. The molecule has 4 nitrogen and oxygen atoms in total. The Morgan fingerprint density at radius 1 is 0.477 bits per heavy atom. The number of nitrogens with one attached hydrogen (secondary N) is 4. The van der Waals surface area contributed by atoms with E-state index in [9.17, 15) is 0 Å². The van der Waals surface area contributed by atoms with Crippen molar-refractivity contribution in [3.05, 3.63) is 142 Å². The van der Waals surface area contributed by atoms with E-state index in [0.29, 0.717) is 0 Å². The first-order valence-corrected chi connectivity index (χ1v) is 16.3. The third kappa shape index (κ3) is 7.15. The maximum atomic E-state index is 3.77. The summed E-state index contributed by atoms with van der Waals surface area (Å²) in [5.41, 5.74) is 13.7. The van der Waals surface area contributed by atoms with Crippen LogP contribution in [0.25, 0.3) is 21.8 Å². The highest BCUT2D eigenvalue weighted by Crippen LogP contribution is 2.27. The summed E-state index contributed by atoms with van der Waals surface area (Å²) >= 11 is 0. The third-order valence-electron chi connectivity index (χ3n) is 9.16.